The molecule has 6 nitrogen and oxygen atoms in total. The Kier molecular flexibility index (Phi) is 7.27. The first kappa shape index (κ1) is 21.3. The Morgan fingerprint density at radius 3 is 2.89 bits per heavy atom. The molecule has 2 unspecified atom stereocenters. The highest BCUT2D eigenvalue weighted by Crippen LogP contribution is 2.24. The lowest BCUT2D eigenvalue weighted by Gasteiger charge is -2.28. The third kappa shape index (κ3) is 5.02. The van der Waals surface area contributed by atoms with Gasteiger partial charge in [0.1, 0.15) is 11.3 Å². The van der Waals surface area contributed by atoms with Crippen LogP contribution in [-0.2, 0) is 11.2 Å². The number of piperidine rings is 1. The Morgan fingerprint density at radius 2 is 2.19 bits per heavy atom. The van der Waals surface area contributed by atoms with E-state index in [9.17, 15) is 9.59 Å². The second kappa shape index (κ2) is 9.24. The Hall–Kier alpha value is -2.05. The second-order valence-electron chi connectivity index (χ2n) is 7.00. The van der Waals surface area contributed by atoms with E-state index in [1.165, 1.54) is 0 Å². The first-order valence-electron chi connectivity index (χ1n) is 9.11. The van der Waals surface area contributed by atoms with E-state index >= 15 is 0 Å². The van der Waals surface area contributed by atoms with Gasteiger partial charge in [0.05, 0.1) is 7.11 Å². The third-order valence-electron chi connectivity index (χ3n) is 5.09. The van der Waals surface area contributed by atoms with E-state index in [2.05, 4.69) is 17.6 Å². The van der Waals surface area contributed by atoms with Gasteiger partial charge in [0.2, 0.25) is 5.91 Å². The van der Waals surface area contributed by atoms with Gasteiger partial charge in [-0.1, -0.05) is 0 Å². The maximum atomic E-state index is 12.4. The zero-order valence-corrected chi connectivity index (χ0v) is 16.8. The summed E-state index contributed by atoms with van der Waals surface area (Å²) in [5.74, 6) is 0.626. The average Bonchev–Trinajstić information content (AvgIpc) is 2.61. The van der Waals surface area contributed by atoms with Crippen molar-refractivity contribution in [1.82, 2.24) is 10.6 Å². The molecule has 1 aromatic heterocycles. The summed E-state index contributed by atoms with van der Waals surface area (Å²) >= 11 is 0. The van der Waals surface area contributed by atoms with Crippen molar-refractivity contribution in [1.29, 1.82) is 0 Å². The van der Waals surface area contributed by atoms with Crippen LogP contribution in [0.3, 0.4) is 0 Å². The van der Waals surface area contributed by atoms with Crippen LogP contribution >= 0.6 is 12.4 Å². The summed E-state index contributed by atoms with van der Waals surface area (Å²) in [5.41, 5.74) is 1.55. The number of halogens is 1. The molecule has 0 radical (unpaired) electrons. The SMILES string of the molecule is COc1ccc2c(C)c(CCC(=O)NC3CCNC(C)C3)c(=O)oc2c1.Cl. The monoisotopic (exact) mass is 394 g/mol. The first-order valence-corrected chi connectivity index (χ1v) is 9.11. The van der Waals surface area contributed by atoms with Crippen molar-refractivity contribution < 1.29 is 13.9 Å². The number of fused-ring (bicyclic) bond motifs is 1. The minimum atomic E-state index is -0.383. The largest absolute Gasteiger partial charge is 0.497 e. The number of aryl methyl sites for hydroxylation is 1. The van der Waals surface area contributed by atoms with Crippen molar-refractivity contribution in [3.63, 3.8) is 0 Å². The van der Waals surface area contributed by atoms with Crippen molar-refractivity contribution in [2.45, 2.75) is 51.6 Å². The second-order valence-corrected chi connectivity index (χ2v) is 7.00. The lowest BCUT2D eigenvalue weighted by molar-refractivity contribution is -0.122. The van der Waals surface area contributed by atoms with Gasteiger partial charge in [-0.25, -0.2) is 4.79 Å². The number of carbonyl (C=O) groups excluding carboxylic acids is 1. The molecule has 0 spiro atoms. The van der Waals surface area contributed by atoms with E-state index in [1.54, 1.807) is 13.2 Å². The number of carbonyl (C=O) groups is 1. The van der Waals surface area contributed by atoms with E-state index in [0.29, 0.717) is 29.4 Å². The number of nitrogens with one attached hydrogen (secondary N) is 2. The molecule has 2 atom stereocenters. The summed E-state index contributed by atoms with van der Waals surface area (Å²) in [4.78, 5) is 24.6. The van der Waals surface area contributed by atoms with Crippen LogP contribution in [0.25, 0.3) is 11.0 Å². The number of benzene rings is 1. The molecule has 2 N–H and O–H groups in total. The molecule has 1 fully saturated rings. The molecule has 2 heterocycles. The number of hydrogen-bond donors (Lipinski definition) is 2. The summed E-state index contributed by atoms with van der Waals surface area (Å²) < 4.78 is 10.6. The van der Waals surface area contributed by atoms with Crippen molar-refractivity contribution in [3.8, 4) is 5.75 Å². The molecule has 1 aromatic carbocycles. The molecule has 0 bridgehead atoms. The van der Waals surface area contributed by atoms with Crippen LogP contribution in [0.5, 0.6) is 5.75 Å². The van der Waals surface area contributed by atoms with Crippen molar-refractivity contribution in [3.05, 3.63) is 39.7 Å². The predicted octanol–water partition coefficient (Wildman–Crippen LogP) is 2.72. The lowest BCUT2D eigenvalue weighted by atomic mass is 9.99. The topological polar surface area (TPSA) is 80.6 Å². The third-order valence-corrected chi connectivity index (χ3v) is 5.09. The van der Waals surface area contributed by atoms with Crippen molar-refractivity contribution >= 4 is 29.3 Å². The van der Waals surface area contributed by atoms with Gasteiger partial charge in [-0.05, 0) is 57.4 Å². The molecule has 1 saturated heterocycles. The van der Waals surface area contributed by atoms with Gasteiger partial charge in [0.25, 0.3) is 0 Å². The summed E-state index contributed by atoms with van der Waals surface area (Å²) in [6, 6.07) is 6.05. The number of methoxy groups -OCH3 is 1. The van der Waals surface area contributed by atoms with Crippen LogP contribution < -0.4 is 21.0 Å². The van der Waals surface area contributed by atoms with Crippen LogP contribution in [0.4, 0.5) is 0 Å². The van der Waals surface area contributed by atoms with Crippen LogP contribution in [0.15, 0.2) is 27.4 Å². The molecule has 3 rings (SSSR count). The van der Waals surface area contributed by atoms with Gasteiger partial charge in [0.15, 0.2) is 0 Å². The molecular formula is C20H27ClN2O4. The van der Waals surface area contributed by atoms with Gasteiger partial charge in [-0.15, -0.1) is 12.4 Å². The molecule has 1 aliphatic heterocycles. The minimum Gasteiger partial charge on any atom is -0.497 e. The summed E-state index contributed by atoms with van der Waals surface area (Å²) in [6.07, 6.45) is 2.54. The van der Waals surface area contributed by atoms with E-state index in [1.807, 2.05) is 19.1 Å². The number of amides is 1. The quantitative estimate of drug-likeness (QED) is 0.762. The summed E-state index contributed by atoms with van der Waals surface area (Å²) in [6.45, 7) is 4.94. The number of ether oxygens (including phenoxy) is 1. The van der Waals surface area contributed by atoms with Crippen molar-refractivity contribution in [2.24, 2.45) is 0 Å². The van der Waals surface area contributed by atoms with Gasteiger partial charge in [0, 0.05) is 35.5 Å². The molecule has 0 aliphatic carbocycles. The fourth-order valence-corrected chi connectivity index (χ4v) is 3.59. The molecule has 7 heteroatoms. The molecule has 148 valence electrons. The minimum absolute atomic E-state index is 0. The molecule has 1 amide bonds. The fraction of sp³-hybridized carbons (Fsp3) is 0.500. The van der Waals surface area contributed by atoms with Gasteiger partial charge in [-0.2, -0.15) is 0 Å². The van der Waals surface area contributed by atoms with Gasteiger partial charge in [-0.3, -0.25) is 4.79 Å². The molecular weight excluding hydrogens is 368 g/mol. The maximum Gasteiger partial charge on any atom is 0.339 e. The zero-order valence-electron chi connectivity index (χ0n) is 16.0. The summed E-state index contributed by atoms with van der Waals surface area (Å²) in [7, 11) is 1.57. The Bertz CT molecular complexity index is 865. The van der Waals surface area contributed by atoms with Crippen LogP contribution in [0, 0.1) is 6.92 Å². The average molecular weight is 395 g/mol. The van der Waals surface area contributed by atoms with E-state index in [4.69, 9.17) is 9.15 Å². The normalized spacial score (nSPS) is 19.4. The number of hydrogen-bond acceptors (Lipinski definition) is 5. The maximum absolute atomic E-state index is 12.4. The molecule has 1 aliphatic rings. The highest BCUT2D eigenvalue weighted by molar-refractivity contribution is 5.85. The highest BCUT2D eigenvalue weighted by Gasteiger charge is 2.20. The molecule has 27 heavy (non-hydrogen) atoms. The molecule has 0 saturated carbocycles. The predicted molar refractivity (Wildman–Crippen MR) is 108 cm³/mol. The fourth-order valence-electron chi connectivity index (χ4n) is 3.59. The standard InChI is InChI=1S/C20H26N2O4.ClH/c1-12-10-14(8-9-21-12)22-19(23)7-6-17-13(2)16-5-4-15(25-3)11-18(16)26-20(17)24;/h4-5,11-12,14,21H,6-10H2,1-3H3,(H,22,23);1H. The Balaban J connectivity index is 0.00000261. The van der Waals surface area contributed by atoms with E-state index in [0.717, 1.165) is 30.3 Å². The Morgan fingerprint density at radius 1 is 1.41 bits per heavy atom. The Labute approximate surface area is 165 Å². The van der Waals surface area contributed by atoms with Crippen LogP contribution in [-0.4, -0.2) is 31.6 Å². The molecule has 2 aromatic rings. The van der Waals surface area contributed by atoms with Gasteiger partial charge < -0.3 is 19.8 Å². The highest BCUT2D eigenvalue weighted by atomic mass is 35.5. The van der Waals surface area contributed by atoms with Gasteiger partial charge >= 0.3 is 5.63 Å². The lowest BCUT2D eigenvalue weighted by Crippen LogP contribution is -2.46. The zero-order chi connectivity index (χ0) is 18.7. The van der Waals surface area contributed by atoms with Crippen molar-refractivity contribution in [2.75, 3.05) is 13.7 Å². The number of rotatable bonds is 5. The van der Waals surface area contributed by atoms with Crippen LogP contribution in [0.2, 0.25) is 0 Å². The smallest absolute Gasteiger partial charge is 0.339 e. The summed E-state index contributed by atoms with van der Waals surface area (Å²) in [5, 5.41) is 7.32. The van der Waals surface area contributed by atoms with Crippen LogP contribution in [0.1, 0.15) is 37.3 Å². The first-order chi connectivity index (χ1) is 12.5. The van der Waals surface area contributed by atoms with E-state index in [-0.39, 0.29) is 36.4 Å². The van der Waals surface area contributed by atoms with E-state index < -0.39 is 0 Å².